The second-order valence-electron chi connectivity index (χ2n) is 7.14. The van der Waals surface area contributed by atoms with Crippen LogP contribution in [0.2, 0.25) is 0 Å². The molecule has 1 saturated heterocycles. The van der Waals surface area contributed by atoms with E-state index in [0.717, 1.165) is 52.8 Å². The van der Waals surface area contributed by atoms with Crippen molar-refractivity contribution in [3.05, 3.63) is 60.4 Å². The molecule has 1 aliphatic heterocycles. The normalized spacial score (nSPS) is 14.4. The Bertz CT molecular complexity index is 1150. The highest BCUT2D eigenvalue weighted by Crippen LogP contribution is 2.30. The zero-order valence-corrected chi connectivity index (χ0v) is 16.9. The molecule has 5 rings (SSSR count). The predicted molar refractivity (Wildman–Crippen MR) is 118 cm³/mol. The molecule has 0 unspecified atom stereocenters. The summed E-state index contributed by atoms with van der Waals surface area (Å²) in [5, 5.41) is 9.65. The minimum atomic E-state index is 0.229. The Morgan fingerprint density at radius 3 is 2.38 bits per heavy atom. The van der Waals surface area contributed by atoms with Crippen LogP contribution in [0.3, 0.4) is 0 Å². The number of nitrogens with zero attached hydrogens (tertiary/aromatic N) is 5. The lowest BCUT2D eigenvalue weighted by Crippen LogP contribution is -2.33. The molecule has 0 radical (unpaired) electrons. The molecule has 2 aromatic heterocycles. The van der Waals surface area contributed by atoms with Gasteiger partial charge in [0.05, 0.1) is 0 Å². The Hall–Kier alpha value is -3.06. The zero-order chi connectivity index (χ0) is 19.8. The van der Waals surface area contributed by atoms with E-state index < -0.39 is 0 Å². The Morgan fingerprint density at radius 1 is 0.931 bits per heavy atom. The first-order valence-corrected chi connectivity index (χ1v) is 10.8. The smallest absolute Gasteiger partial charge is 0.170 e. The summed E-state index contributed by atoms with van der Waals surface area (Å²) in [6.07, 6.45) is 1.83. The van der Waals surface area contributed by atoms with Crippen LogP contribution < -0.4 is 4.90 Å². The highest BCUT2D eigenvalue weighted by Gasteiger charge is 2.21. The molecule has 7 heteroatoms. The molecule has 0 spiro atoms. The number of imidazole rings is 1. The Balaban J connectivity index is 1.71. The molecular formula is C22H21N5OS. The average Bonchev–Trinajstić information content (AvgIpc) is 3.19. The number of phenols is 1. The van der Waals surface area contributed by atoms with Crippen LogP contribution in [0.1, 0.15) is 5.56 Å². The van der Waals surface area contributed by atoms with E-state index in [4.69, 9.17) is 15.0 Å². The highest BCUT2D eigenvalue weighted by molar-refractivity contribution is 7.99. The van der Waals surface area contributed by atoms with Crippen LogP contribution in [0.25, 0.3) is 28.2 Å². The summed E-state index contributed by atoms with van der Waals surface area (Å²) in [5.41, 5.74) is 4.71. The zero-order valence-electron chi connectivity index (χ0n) is 16.1. The number of phenolic OH excluding ortho intramolecular Hbond substituents is 1. The van der Waals surface area contributed by atoms with Crippen molar-refractivity contribution >= 4 is 28.7 Å². The van der Waals surface area contributed by atoms with Gasteiger partial charge in [0.1, 0.15) is 12.1 Å². The lowest BCUT2D eigenvalue weighted by atomic mass is 10.2. The third-order valence-corrected chi connectivity index (χ3v) is 6.07. The lowest BCUT2D eigenvalue weighted by molar-refractivity contribution is 0.475. The van der Waals surface area contributed by atoms with E-state index in [1.54, 1.807) is 12.1 Å². The van der Waals surface area contributed by atoms with Gasteiger partial charge in [0.15, 0.2) is 22.8 Å². The molecule has 1 N–H and O–H groups in total. The summed E-state index contributed by atoms with van der Waals surface area (Å²) in [6, 6.07) is 15.4. The molecule has 0 aliphatic carbocycles. The fourth-order valence-electron chi connectivity index (χ4n) is 3.51. The quantitative estimate of drug-likeness (QED) is 0.557. The molecule has 2 aromatic carbocycles. The van der Waals surface area contributed by atoms with Crippen molar-refractivity contribution in [1.82, 2.24) is 19.5 Å². The molecule has 4 aromatic rings. The topological polar surface area (TPSA) is 67.1 Å². The molecule has 6 nitrogen and oxygen atoms in total. The van der Waals surface area contributed by atoms with Gasteiger partial charge in [0.2, 0.25) is 0 Å². The van der Waals surface area contributed by atoms with Gasteiger partial charge in [-0.15, -0.1) is 0 Å². The van der Waals surface area contributed by atoms with E-state index in [1.165, 1.54) is 5.56 Å². The van der Waals surface area contributed by atoms with E-state index >= 15 is 0 Å². The summed E-state index contributed by atoms with van der Waals surface area (Å²) in [5.74, 6) is 3.91. The van der Waals surface area contributed by atoms with E-state index in [-0.39, 0.29) is 5.75 Å². The van der Waals surface area contributed by atoms with Crippen molar-refractivity contribution < 1.29 is 5.11 Å². The number of aromatic hydroxyl groups is 1. The van der Waals surface area contributed by atoms with Gasteiger partial charge in [0, 0.05) is 35.8 Å². The molecule has 0 saturated carbocycles. The summed E-state index contributed by atoms with van der Waals surface area (Å²) in [4.78, 5) is 16.8. The van der Waals surface area contributed by atoms with E-state index in [9.17, 15) is 5.11 Å². The average molecular weight is 404 g/mol. The lowest BCUT2D eigenvalue weighted by Gasteiger charge is -2.27. The van der Waals surface area contributed by atoms with Gasteiger partial charge < -0.3 is 10.0 Å². The molecule has 0 amide bonds. The second kappa shape index (κ2) is 7.40. The van der Waals surface area contributed by atoms with Crippen molar-refractivity contribution in [2.45, 2.75) is 6.92 Å². The fourth-order valence-corrected chi connectivity index (χ4v) is 4.42. The second-order valence-corrected chi connectivity index (χ2v) is 8.36. The van der Waals surface area contributed by atoms with Crippen molar-refractivity contribution in [1.29, 1.82) is 0 Å². The Labute approximate surface area is 173 Å². The van der Waals surface area contributed by atoms with Crippen molar-refractivity contribution in [3.63, 3.8) is 0 Å². The summed E-state index contributed by atoms with van der Waals surface area (Å²) < 4.78 is 2.02. The predicted octanol–water partition coefficient (Wildman–Crippen LogP) is 4.05. The summed E-state index contributed by atoms with van der Waals surface area (Å²) in [7, 11) is 0. The largest absolute Gasteiger partial charge is 0.508 e. The fraction of sp³-hybridized carbons (Fsp3) is 0.227. The first kappa shape index (κ1) is 18.0. The van der Waals surface area contributed by atoms with E-state index in [2.05, 4.69) is 36.1 Å². The maximum atomic E-state index is 9.65. The maximum absolute atomic E-state index is 9.65. The number of aromatic nitrogens is 4. The monoisotopic (exact) mass is 403 g/mol. The highest BCUT2D eigenvalue weighted by atomic mass is 32.2. The molecule has 0 atom stereocenters. The van der Waals surface area contributed by atoms with E-state index in [1.807, 2.05) is 34.8 Å². The Kier molecular flexibility index (Phi) is 4.60. The van der Waals surface area contributed by atoms with Crippen LogP contribution in [0.5, 0.6) is 5.75 Å². The van der Waals surface area contributed by atoms with Crippen LogP contribution in [0.15, 0.2) is 54.9 Å². The molecule has 1 aliphatic rings. The van der Waals surface area contributed by atoms with Crippen LogP contribution in [-0.2, 0) is 0 Å². The first-order chi connectivity index (χ1) is 14.2. The Morgan fingerprint density at radius 2 is 1.66 bits per heavy atom. The third kappa shape index (κ3) is 3.42. The number of aryl methyl sites for hydroxylation is 1. The molecule has 3 heterocycles. The third-order valence-electron chi connectivity index (χ3n) is 5.13. The summed E-state index contributed by atoms with van der Waals surface area (Å²) in [6.45, 7) is 3.97. The molecule has 1 fully saturated rings. The van der Waals surface area contributed by atoms with Gasteiger partial charge >= 0.3 is 0 Å². The van der Waals surface area contributed by atoms with Gasteiger partial charge in [-0.3, -0.25) is 4.57 Å². The van der Waals surface area contributed by atoms with Crippen molar-refractivity contribution in [2.75, 3.05) is 29.5 Å². The number of rotatable bonds is 3. The van der Waals surface area contributed by atoms with Crippen LogP contribution in [0.4, 0.5) is 5.82 Å². The van der Waals surface area contributed by atoms with Crippen LogP contribution in [0, 0.1) is 6.92 Å². The van der Waals surface area contributed by atoms with Crippen molar-refractivity contribution in [3.8, 4) is 22.8 Å². The minimum Gasteiger partial charge on any atom is -0.508 e. The summed E-state index contributed by atoms with van der Waals surface area (Å²) >= 11 is 1.97. The number of anilines is 1. The molecule has 29 heavy (non-hydrogen) atoms. The number of thioether (sulfide) groups is 1. The standard InChI is InChI=1S/C22H21N5OS/c1-15-2-6-17(7-3-15)27-14-23-19-21(26-10-12-29-13-11-26)24-20(25-22(19)27)16-4-8-18(28)9-5-16/h2-9,14,28H,10-13H2,1H3. The van der Waals surface area contributed by atoms with Crippen molar-refractivity contribution in [2.24, 2.45) is 0 Å². The molecular weight excluding hydrogens is 382 g/mol. The maximum Gasteiger partial charge on any atom is 0.170 e. The van der Waals surface area contributed by atoms with Crippen LogP contribution >= 0.6 is 11.8 Å². The SMILES string of the molecule is Cc1ccc(-n2cnc3c(N4CCSCC4)nc(-c4ccc(O)cc4)nc32)cc1. The molecule has 146 valence electrons. The van der Waals surface area contributed by atoms with Gasteiger partial charge in [-0.05, 0) is 43.3 Å². The van der Waals surface area contributed by atoms with Gasteiger partial charge in [-0.2, -0.15) is 11.8 Å². The number of benzene rings is 2. The number of hydrogen-bond acceptors (Lipinski definition) is 6. The van der Waals surface area contributed by atoms with Gasteiger partial charge in [0.25, 0.3) is 0 Å². The van der Waals surface area contributed by atoms with E-state index in [0.29, 0.717) is 5.82 Å². The van der Waals surface area contributed by atoms with Crippen LogP contribution in [-0.4, -0.2) is 49.2 Å². The van der Waals surface area contributed by atoms with Gasteiger partial charge in [-0.25, -0.2) is 15.0 Å². The first-order valence-electron chi connectivity index (χ1n) is 9.63. The number of hydrogen-bond donors (Lipinski definition) is 1. The molecule has 0 bridgehead atoms. The minimum absolute atomic E-state index is 0.229. The number of fused-ring (bicyclic) bond motifs is 1. The van der Waals surface area contributed by atoms with Gasteiger partial charge in [-0.1, -0.05) is 17.7 Å².